The number of benzene rings is 1. The first-order valence-corrected chi connectivity index (χ1v) is 11.2. The van der Waals surface area contributed by atoms with Crippen LogP contribution in [0.3, 0.4) is 0 Å². The van der Waals surface area contributed by atoms with E-state index in [0.717, 1.165) is 27.7 Å². The maximum Gasteiger partial charge on any atom is 0.267 e. The Hall–Kier alpha value is -2.77. The predicted octanol–water partition coefficient (Wildman–Crippen LogP) is 4.47. The van der Waals surface area contributed by atoms with Gasteiger partial charge in [0.15, 0.2) is 0 Å². The summed E-state index contributed by atoms with van der Waals surface area (Å²) in [5.74, 6) is 1.79. The van der Waals surface area contributed by atoms with Crippen molar-refractivity contribution < 1.29 is 14.0 Å². The number of aryl methyl sites for hydroxylation is 1. The summed E-state index contributed by atoms with van der Waals surface area (Å²) in [6.07, 6.45) is 3.35. The fourth-order valence-corrected chi connectivity index (χ4v) is 3.89. The van der Waals surface area contributed by atoms with Crippen LogP contribution in [0.4, 0.5) is 0 Å². The zero-order valence-electron chi connectivity index (χ0n) is 16.0. The number of hydrogen-bond acceptors (Lipinski definition) is 5. The topological polar surface area (TPSA) is 71.3 Å². The van der Waals surface area contributed by atoms with Crippen LogP contribution in [-0.4, -0.2) is 24.1 Å². The summed E-state index contributed by atoms with van der Waals surface area (Å²) in [5.41, 5.74) is 1.81. The van der Waals surface area contributed by atoms with Crippen LogP contribution in [0.15, 0.2) is 70.3 Å². The van der Waals surface area contributed by atoms with Crippen LogP contribution in [0.25, 0.3) is 6.08 Å². The molecule has 2 amide bonds. The zero-order chi connectivity index (χ0) is 20.5. The highest BCUT2D eigenvalue weighted by molar-refractivity contribution is 7.98. The molecule has 3 aromatic rings. The van der Waals surface area contributed by atoms with Crippen LogP contribution in [-0.2, 0) is 10.5 Å². The largest absolute Gasteiger partial charge is 0.468 e. The lowest BCUT2D eigenvalue weighted by Crippen LogP contribution is -2.35. The molecule has 0 spiro atoms. The molecule has 150 valence electrons. The van der Waals surface area contributed by atoms with Gasteiger partial charge in [-0.1, -0.05) is 23.8 Å². The van der Waals surface area contributed by atoms with Crippen molar-refractivity contribution in [1.29, 1.82) is 0 Å². The van der Waals surface area contributed by atoms with E-state index in [-0.39, 0.29) is 17.5 Å². The number of hydrogen-bond donors (Lipinski definition) is 2. The minimum atomic E-state index is -0.310. The molecule has 3 rings (SSSR count). The lowest BCUT2D eigenvalue weighted by Gasteiger charge is -2.11. The van der Waals surface area contributed by atoms with E-state index in [4.69, 9.17) is 4.42 Å². The maximum atomic E-state index is 12.7. The summed E-state index contributed by atoms with van der Waals surface area (Å²) < 4.78 is 5.29. The van der Waals surface area contributed by atoms with Crippen molar-refractivity contribution in [3.63, 3.8) is 0 Å². The Balaban J connectivity index is 1.58. The summed E-state index contributed by atoms with van der Waals surface area (Å²) in [6, 6.07) is 14.8. The summed E-state index contributed by atoms with van der Waals surface area (Å²) >= 11 is 3.17. The first-order chi connectivity index (χ1) is 14.1. The second-order valence-corrected chi connectivity index (χ2v) is 8.37. The first kappa shape index (κ1) is 21.0. The fraction of sp³-hybridized carbons (Fsp3) is 0.182. The molecule has 5 nitrogen and oxygen atoms in total. The molecule has 0 radical (unpaired) electrons. The second-order valence-electron chi connectivity index (χ2n) is 6.28. The van der Waals surface area contributed by atoms with E-state index in [0.29, 0.717) is 12.1 Å². The summed E-state index contributed by atoms with van der Waals surface area (Å²) in [5, 5.41) is 7.55. The number of furan rings is 1. The van der Waals surface area contributed by atoms with Crippen LogP contribution < -0.4 is 10.6 Å². The molecule has 2 heterocycles. The third kappa shape index (κ3) is 6.66. The third-order valence-corrected chi connectivity index (χ3v) is 5.79. The number of thioether (sulfide) groups is 1. The number of nitrogens with one attached hydrogen (secondary N) is 2. The first-order valence-electron chi connectivity index (χ1n) is 9.13. The van der Waals surface area contributed by atoms with Gasteiger partial charge in [0.1, 0.15) is 11.5 Å². The summed E-state index contributed by atoms with van der Waals surface area (Å²) in [6.45, 7) is 2.45. The average molecular weight is 427 g/mol. The molecule has 2 aromatic heterocycles. The smallest absolute Gasteiger partial charge is 0.267 e. The quantitative estimate of drug-likeness (QED) is 0.391. The van der Waals surface area contributed by atoms with Gasteiger partial charge in [0.05, 0.1) is 12.0 Å². The van der Waals surface area contributed by atoms with E-state index in [2.05, 4.69) is 10.6 Å². The van der Waals surface area contributed by atoms with Gasteiger partial charge in [-0.3, -0.25) is 9.59 Å². The van der Waals surface area contributed by atoms with Gasteiger partial charge in [-0.05, 0) is 48.7 Å². The van der Waals surface area contributed by atoms with E-state index in [9.17, 15) is 9.59 Å². The van der Waals surface area contributed by atoms with Crippen LogP contribution >= 0.6 is 23.1 Å². The van der Waals surface area contributed by atoms with Gasteiger partial charge in [-0.25, -0.2) is 0 Å². The van der Waals surface area contributed by atoms with Crippen LogP contribution in [0, 0.1) is 6.92 Å². The van der Waals surface area contributed by atoms with Crippen molar-refractivity contribution >= 4 is 41.0 Å². The highest BCUT2D eigenvalue weighted by Crippen LogP contribution is 2.14. The number of amides is 2. The molecule has 1 aromatic carbocycles. The SMILES string of the molecule is Cc1ccc(C(=O)N/C(=C\c2cccs2)C(=O)NCCSCc2ccco2)cc1. The van der Waals surface area contributed by atoms with Crippen molar-refractivity contribution in [1.82, 2.24) is 10.6 Å². The molecule has 0 saturated heterocycles. The Labute approximate surface area is 178 Å². The Bertz CT molecular complexity index is 947. The van der Waals surface area contributed by atoms with E-state index in [1.165, 1.54) is 11.3 Å². The minimum absolute atomic E-state index is 0.231. The normalized spacial score (nSPS) is 11.3. The molecule has 29 heavy (non-hydrogen) atoms. The van der Waals surface area contributed by atoms with Gasteiger partial charge in [0.2, 0.25) is 0 Å². The molecule has 0 fully saturated rings. The van der Waals surface area contributed by atoms with Crippen LogP contribution in [0.2, 0.25) is 0 Å². The van der Waals surface area contributed by atoms with Gasteiger partial charge in [0, 0.05) is 22.7 Å². The van der Waals surface area contributed by atoms with Crippen LogP contribution in [0.1, 0.15) is 26.6 Å². The van der Waals surface area contributed by atoms with Crippen molar-refractivity contribution in [2.75, 3.05) is 12.3 Å². The molecule has 0 atom stereocenters. The Morgan fingerprint density at radius 2 is 1.97 bits per heavy atom. The highest BCUT2D eigenvalue weighted by Gasteiger charge is 2.14. The van der Waals surface area contributed by atoms with Crippen molar-refractivity contribution in [2.24, 2.45) is 0 Å². The molecule has 0 saturated carbocycles. The highest BCUT2D eigenvalue weighted by atomic mass is 32.2. The maximum absolute atomic E-state index is 12.7. The lowest BCUT2D eigenvalue weighted by atomic mass is 10.1. The Morgan fingerprint density at radius 3 is 2.66 bits per heavy atom. The van der Waals surface area contributed by atoms with E-state index >= 15 is 0 Å². The minimum Gasteiger partial charge on any atom is -0.468 e. The molecule has 0 aliphatic heterocycles. The average Bonchev–Trinajstić information content (AvgIpc) is 3.41. The zero-order valence-corrected chi connectivity index (χ0v) is 17.6. The molecule has 0 unspecified atom stereocenters. The molecule has 0 aliphatic rings. The predicted molar refractivity (Wildman–Crippen MR) is 119 cm³/mol. The molecule has 2 N–H and O–H groups in total. The standard InChI is InChI=1S/C22H22N2O3S2/c1-16-6-8-17(9-7-16)21(25)24-20(14-19-5-3-12-29-19)22(26)23-10-13-28-15-18-4-2-11-27-18/h2-9,11-12,14H,10,13,15H2,1H3,(H,23,26)(H,24,25)/b20-14-. The Kier molecular flexibility index (Phi) is 7.72. The summed E-state index contributed by atoms with van der Waals surface area (Å²) in [7, 11) is 0. The van der Waals surface area contributed by atoms with Gasteiger partial charge in [-0.2, -0.15) is 11.8 Å². The number of carbonyl (C=O) groups excluding carboxylic acids is 2. The van der Waals surface area contributed by atoms with Crippen molar-refractivity contribution in [2.45, 2.75) is 12.7 Å². The number of thiophene rings is 1. The van der Waals surface area contributed by atoms with Gasteiger partial charge in [-0.15, -0.1) is 11.3 Å². The van der Waals surface area contributed by atoms with Gasteiger partial charge >= 0.3 is 0 Å². The summed E-state index contributed by atoms with van der Waals surface area (Å²) in [4.78, 5) is 26.1. The molecule has 0 aliphatic carbocycles. The molecule has 0 bridgehead atoms. The van der Waals surface area contributed by atoms with E-state index < -0.39 is 0 Å². The second kappa shape index (κ2) is 10.7. The number of rotatable bonds is 9. The number of carbonyl (C=O) groups is 2. The monoisotopic (exact) mass is 426 g/mol. The van der Waals surface area contributed by atoms with Crippen molar-refractivity contribution in [3.05, 3.63) is 87.6 Å². The molecule has 7 heteroatoms. The van der Waals surface area contributed by atoms with Crippen LogP contribution in [0.5, 0.6) is 0 Å². The fourth-order valence-electron chi connectivity index (χ4n) is 2.47. The Morgan fingerprint density at radius 1 is 1.14 bits per heavy atom. The van der Waals surface area contributed by atoms with Crippen molar-refractivity contribution in [3.8, 4) is 0 Å². The van der Waals surface area contributed by atoms with E-state index in [1.54, 1.807) is 36.2 Å². The molecular weight excluding hydrogens is 404 g/mol. The molecular formula is C22H22N2O3S2. The van der Waals surface area contributed by atoms with E-state index in [1.807, 2.05) is 48.7 Å². The van der Waals surface area contributed by atoms with Gasteiger partial charge in [0.25, 0.3) is 11.8 Å². The third-order valence-electron chi connectivity index (χ3n) is 3.99. The lowest BCUT2D eigenvalue weighted by molar-refractivity contribution is -0.117. The van der Waals surface area contributed by atoms with Gasteiger partial charge < -0.3 is 15.1 Å².